The van der Waals surface area contributed by atoms with E-state index in [9.17, 15) is 5.26 Å². The Morgan fingerprint density at radius 2 is 0.645 bits per heavy atom. The number of nitriles is 1. The molecule has 0 aliphatic carbocycles. The highest BCUT2D eigenvalue weighted by molar-refractivity contribution is 6.32. The number of nitrogens with zero attached hydrogens (tertiary/aromatic N) is 2. The minimum atomic E-state index is 0.0503. The highest BCUT2D eigenvalue weighted by Crippen LogP contribution is 2.52. The third kappa shape index (κ3) is 12.3. The summed E-state index contributed by atoms with van der Waals surface area (Å²) < 4.78 is 31.7. The van der Waals surface area contributed by atoms with E-state index in [1.807, 2.05) is 78.9 Å². The molecule has 0 bridgehead atoms. The summed E-state index contributed by atoms with van der Waals surface area (Å²) in [6.45, 7) is 6.83. The van der Waals surface area contributed by atoms with Crippen molar-refractivity contribution >= 4 is 169 Å². The fraction of sp³-hybridized carbons (Fsp3) is 0.0439. The number of rotatable bonds is 9. The lowest BCUT2D eigenvalue weighted by molar-refractivity contribution is 0.415. The number of furan rings is 4. The van der Waals surface area contributed by atoms with E-state index < -0.39 is 0 Å². The predicted molar refractivity (Wildman–Crippen MR) is 505 cm³/mol. The van der Waals surface area contributed by atoms with Crippen LogP contribution in [0.15, 0.2) is 406 Å². The van der Waals surface area contributed by atoms with E-state index in [1.165, 1.54) is 71.1 Å². The zero-order valence-corrected chi connectivity index (χ0v) is 66.9. The Morgan fingerprint density at radius 3 is 1.15 bits per heavy atom. The number of benzene rings is 20. The first-order valence-electron chi connectivity index (χ1n) is 41.1. The van der Waals surface area contributed by atoms with Crippen molar-refractivity contribution in [3.05, 3.63) is 399 Å². The van der Waals surface area contributed by atoms with Crippen LogP contribution in [0.25, 0.3) is 208 Å². The van der Waals surface area contributed by atoms with Gasteiger partial charge >= 0.3 is 0 Å². The van der Waals surface area contributed by atoms with Gasteiger partial charge in [0.05, 0.1) is 18.7 Å². The van der Waals surface area contributed by atoms with Gasteiger partial charge in [0.1, 0.15) is 50.4 Å². The molecule has 7 nitrogen and oxygen atoms in total. The van der Waals surface area contributed by atoms with Crippen LogP contribution in [0, 0.1) is 11.3 Å². The molecule has 0 aliphatic rings. The Balaban J connectivity index is 0.000000109. The Bertz CT molecular complexity index is 8230. The summed E-state index contributed by atoms with van der Waals surface area (Å²) in [6, 6.07) is 139. The summed E-state index contributed by atoms with van der Waals surface area (Å²) in [5, 5.41) is 32.5. The number of hydrogen-bond acceptors (Lipinski definition) is 7. The second-order valence-corrected chi connectivity index (χ2v) is 32.3. The molecule has 0 unspecified atom stereocenters. The first kappa shape index (κ1) is 71.8. The van der Waals surface area contributed by atoms with Crippen molar-refractivity contribution in [3.63, 3.8) is 0 Å². The van der Waals surface area contributed by atoms with Gasteiger partial charge in [0.25, 0.3) is 0 Å². The smallest absolute Gasteiger partial charge is 0.143 e. The number of para-hydroxylation sites is 7. The van der Waals surface area contributed by atoms with Crippen molar-refractivity contribution in [1.29, 1.82) is 5.26 Å². The van der Waals surface area contributed by atoms with E-state index in [0.29, 0.717) is 5.56 Å². The maximum absolute atomic E-state index is 9.52. The lowest BCUT2D eigenvalue weighted by Gasteiger charge is -2.25. The Hall–Kier alpha value is -15.8. The third-order valence-corrected chi connectivity index (χ3v) is 24.3. The second-order valence-electron chi connectivity index (χ2n) is 32.3. The lowest BCUT2D eigenvalue weighted by Crippen LogP contribution is -2.10. The Labute approximate surface area is 697 Å². The fourth-order valence-corrected chi connectivity index (χ4v) is 18.5. The zero-order valence-electron chi connectivity index (χ0n) is 66.9. The van der Waals surface area contributed by atoms with E-state index >= 15 is 0 Å². The molecule has 0 saturated heterocycles. The molecule has 0 aliphatic heterocycles. The molecule has 24 rings (SSSR count). The van der Waals surface area contributed by atoms with Crippen molar-refractivity contribution in [2.75, 3.05) is 12.0 Å². The molecule has 121 heavy (non-hydrogen) atoms. The molecule has 20 aromatic carbocycles. The molecule has 4 heterocycles. The van der Waals surface area contributed by atoms with Gasteiger partial charge in [-0.1, -0.05) is 288 Å². The minimum Gasteiger partial charge on any atom is -0.497 e. The summed E-state index contributed by atoms with van der Waals surface area (Å²) >= 11 is 0. The molecule has 0 N–H and O–H groups in total. The summed E-state index contributed by atoms with van der Waals surface area (Å²) in [6.07, 6.45) is 0. The monoisotopic (exact) mass is 1550 g/mol. The molecule has 572 valence electrons. The number of fused-ring (bicyclic) bond motifs is 24. The Morgan fingerprint density at radius 1 is 0.264 bits per heavy atom. The van der Waals surface area contributed by atoms with Crippen LogP contribution in [0.2, 0.25) is 0 Å². The minimum absolute atomic E-state index is 0.0503. The fourth-order valence-electron chi connectivity index (χ4n) is 18.5. The van der Waals surface area contributed by atoms with Gasteiger partial charge in [0.15, 0.2) is 0 Å². The van der Waals surface area contributed by atoms with Gasteiger partial charge in [-0.05, 0) is 225 Å². The zero-order chi connectivity index (χ0) is 81.0. The molecule has 0 atom stereocenters. The number of anilines is 3. The van der Waals surface area contributed by atoms with Crippen LogP contribution in [-0.4, -0.2) is 7.11 Å². The van der Waals surface area contributed by atoms with E-state index in [4.69, 9.17) is 22.4 Å². The van der Waals surface area contributed by atoms with Gasteiger partial charge < -0.3 is 27.3 Å². The second kappa shape index (κ2) is 29.2. The lowest BCUT2D eigenvalue weighted by atomic mass is 9.84. The third-order valence-electron chi connectivity index (χ3n) is 24.3. The van der Waals surface area contributed by atoms with Gasteiger partial charge in [0.2, 0.25) is 0 Å². The van der Waals surface area contributed by atoms with Crippen LogP contribution in [-0.2, 0) is 5.41 Å². The number of methoxy groups -OCH3 is 1. The van der Waals surface area contributed by atoms with Gasteiger partial charge in [-0.25, -0.2) is 0 Å². The number of ether oxygens (including phenoxy) is 1. The highest BCUT2D eigenvalue weighted by Gasteiger charge is 2.27. The van der Waals surface area contributed by atoms with E-state index in [1.54, 1.807) is 7.11 Å². The molecule has 0 spiro atoms. The van der Waals surface area contributed by atoms with Crippen molar-refractivity contribution in [2.24, 2.45) is 0 Å². The molecular formula is C114H76N2O5. The summed E-state index contributed by atoms with van der Waals surface area (Å²) in [5.41, 5.74) is 24.0. The van der Waals surface area contributed by atoms with Crippen LogP contribution < -0.4 is 9.64 Å². The van der Waals surface area contributed by atoms with Crippen LogP contribution >= 0.6 is 0 Å². The molecule has 7 heteroatoms. The summed E-state index contributed by atoms with van der Waals surface area (Å²) in [7, 11) is 1.70. The first-order chi connectivity index (χ1) is 59.5. The standard InChI is InChI=1S/C42H33NO.C39H21NO2.C33H22O2/c1-42(2,3)30-20-23-34-29(26-30)27-38(36-24-25-37-35-16-10-11-17-39(35)44-41(37)40(34)36)28-18-21-33(22-19-28)43(31-12-6-4-7-13-31)32-14-8-5-9-15-32;40-22-23-16-18-24(19-17-23)35-27-10-1-2-11-28(27)37-31(21-20-30-26-9-4-6-15-34(26)42-39(30)37)36(35)32-13-7-12-29-25-8-3-5-14-33(25)41-38(29)32;1-34-25-14-11-22(12-15-25)30-20-24-19-23(21-7-3-2-4-8-21)13-16-26(24)32-28(30)17-18-29-27-9-5-6-10-31(27)35-33(29)32/h4-27H,1-3H3;1-21H;2-20H,1H3. The largest absolute Gasteiger partial charge is 0.497 e. The highest BCUT2D eigenvalue weighted by atomic mass is 16.5. The summed E-state index contributed by atoms with van der Waals surface area (Å²) in [4.78, 5) is 2.30. The van der Waals surface area contributed by atoms with Gasteiger partial charge in [-0.3, -0.25) is 0 Å². The number of hydrogen-bond donors (Lipinski definition) is 0. The molecule has 4 aromatic heterocycles. The van der Waals surface area contributed by atoms with Crippen LogP contribution in [0.4, 0.5) is 17.1 Å². The molecule has 24 aromatic rings. The van der Waals surface area contributed by atoms with E-state index in [-0.39, 0.29) is 5.41 Å². The van der Waals surface area contributed by atoms with Crippen molar-refractivity contribution in [1.82, 2.24) is 0 Å². The molecule has 0 fully saturated rings. The van der Waals surface area contributed by atoms with Crippen molar-refractivity contribution < 1.29 is 22.4 Å². The quantitative estimate of drug-likeness (QED) is 0.133. The predicted octanol–water partition coefficient (Wildman–Crippen LogP) is 32.6. The van der Waals surface area contributed by atoms with Crippen molar-refractivity contribution in [3.8, 4) is 67.5 Å². The Kier molecular flexibility index (Phi) is 17.3. The van der Waals surface area contributed by atoms with Gasteiger partial charge in [0, 0.05) is 87.4 Å². The molecule has 0 saturated carbocycles. The maximum Gasteiger partial charge on any atom is 0.143 e. The van der Waals surface area contributed by atoms with E-state index in [0.717, 1.165) is 165 Å². The average molecular weight is 1550 g/mol. The average Bonchev–Trinajstić information content (AvgIpc) is 1.66. The molecule has 0 radical (unpaired) electrons. The molecule has 0 amide bonds. The first-order valence-corrected chi connectivity index (χ1v) is 41.1. The van der Waals surface area contributed by atoms with Crippen molar-refractivity contribution in [2.45, 2.75) is 26.2 Å². The van der Waals surface area contributed by atoms with Gasteiger partial charge in [-0.2, -0.15) is 5.26 Å². The molecular weight excluding hydrogens is 1480 g/mol. The summed E-state index contributed by atoms with van der Waals surface area (Å²) in [5.74, 6) is 0.852. The maximum atomic E-state index is 9.52. The normalized spacial score (nSPS) is 11.8. The van der Waals surface area contributed by atoms with Crippen LogP contribution in [0.1, 0.15) is 31.9 Å². The SMILES string of the molecule is CC(C)(C)c1ccc2c(c1)cc(-c1ccc(N(c3ccccc3)c3ccccc3)cc1)c1ccc3c4ccccc4oc3c12.COc1ccc(-c2cc3cc(-c4ccccc4)ccc3c3c2ccc2c4ccccc4oc23)cc1.N#Cc1ccc(-c2c(-c3cccc4c3oc3ccccc34)c3ccc4c5ccccc5oc4c3c3ccccc23)cc1. The van der Waals surface area contributed by atoms with Crippen LogP contribution in [0.5, 0.6) is 5.75 Å². The van der Waals surface area contributed by atoms with E-state index in [2.05, 4.69) is 341 Å². The van der Waals surface area contributed by atoms with Crippen LogP contribution in [0.3, 0.4) is 0 Å². The topological polar surface area (TPSA) is 88.8 Å². The van der Waals surface area contributed by atoms with Gasteiger partial charge in [-0.15, -0.1) is 0 Å².